The number of rotatable bonds is 3. The van der Waals surface area contributed by atoms with E-state index >= 15 is 0 Å². The lowest BCUT2D eigenvalue weighted by Crippen LogP contribution is -2.10. The van der Waals surface area contributed by atoms with Gasteiger partial charge >= 0.3 is 0 Å². The molecule has 0 unspecified atom stereocenters. The fraction of sp³-hybridized carbons (Fsp3) is 0.727. The third-order valence-electron chi connectivity index (χ3n) is 4.04. The van der Waals surface area contributed by atoms with Gasteiger partial charge in [0.25, 0.3) is 0 Å². The van der Waals surface area contributed by atoms with Crippen LogP contribution < -0.4 is 5.73 Å². The molecule has 1 aromatic heterocycles. The lowest BCUT2D eigenvalue weighted by Gasteiger charge is -2.06. The first-order valence-electron chi connectivity index (χ1n) is 5.71. The van der Waals surface area contributed by atoms with Gasteiger partial charge in [0.1, 0.15) is 5.82 Å². The Morgan fingerprint density at radius 3 is 3.13 bits per heavy atom. The van der Waals surface area contributed by atoms with E-state index < -0.39 is 0 Å². The molecule has 0 saturated heterocycles. The van der Waals surface area contributed by atoms with Crippen molar-refractivity contribution in [2.24, 2.45) is 5.92 Å². The average molecular weight is 207 g/mol. The van der Waals surface area contributed by atoms with E-state index in [-0.39, 0.29) is 6.61 Å². The van der Waals surface area contributed by atoms with Gasteiger partial charge in [-0.15, -0.1) is 0 Å². The Hall–Kier alpha value is -1.03. The van der Waals surface area contributed by atoms with Crippen LogP contribution in [0.25, 0.3) is 0 Å². The summed E-state index contributed by atoms with van der Waals surface area (Å²) in [7, 11) is 0. The highest BCUT2D eigenvalue weighted by molar-refractivity contribution is 5.39. The monoisotopic (exact) mass is 207 g/mol. The highest BCUT2D eigenvalue weighted by Crippen LogP contribution is 2.64. The van der Waals surface area contributed by atoms with Crippen LogP contribution in [0.4, 0.5) is 5.82 Å². The second kappa shape index (κ2) is 2.98. The molecule has 0 spiro atoms. The van der Waals surface area contributed by atoms with Crippen molar-refractivity contribution in [2.75, 3.05) is 12.3 Å². The highest BCUT2D eigenvalue weighted by atomic mass is 16.3. The van der Waals surface area contributed by atoms with Gasteiger partial charge in [0.05, 0.1) is 18.8 Å². The van der Waals surface area contributed by atoms with Crippen molar-refractivity contribution >= 4 is 5.82 Å². The van der Waals surface area contributed by atoms with E-state index in [1.165, 1.54) is 25.7 Å². The second-order valence-electron chi connectivity index (χ2n) is 4.85. The molecule has 0 aromatic carbocycles. The van der Waals surface area contributed by atoms with E-state index in [1.807, 2.05) is 6.07 Å². The first-order valence-corrected chi connectivity index (χ1v) is 5.71. The Labute approximate surface area is 89.1 Å². The van der Waals surface area contributed by atoms with Gasteiger partial charge in [0, 0.05) is 11.5 Å². The SMILES string of the molecule is Nc1cc([C@@]23CCC[C@@H]2C3)nn1CCO. The average Bonchev–Trinajstić information content (AvgIpc) is 2.60. The molecule has 0 amide bonds. The van der Waals surface area contributed by atoms with E-state index in [0.717, 1.165) is 11.6 Å². The van der Waals surface area contributed by atoms with Gasteiger partial charge in [-0.2, -0.15) is 5.10 Å². The number of fused-ring (bicyclic) bond motifs is 1. The van der Waals surface area contributed by atoms with Crippen LogP contribution in [0.1, 0.15) is 31.4 Å². The maximum absolute atomic E-state index is 8.88. The molecule has 2 fully saturated rings. The van der Waals surface area contributed by atoms with E-state index in [4.69, 9.17) is 10.8 Å². The number of anilines is 1. The minimum atomic E-state index is 0.0990. The minimum absolute atomic E-state index is 0.0990. The molecule has 0 radical (unpaired) electrons. The Balaban J connectivity index is 1.90. The fourth-order valence-corrected chi connectivity index (χ4v) is 3.12. The summed E-state index contributed by atoms with van der Waals surface area (Å²) < 4.78 is 1.72. The number of nitrogens with zero attached hydrogens (tertiary/aromatic N) is 2. The molecule has 1 heterocycles. The summed E-state index contributed by atoms with van der Waals surface area (Å²) in [6.45, 7) is 0.605. The largest absolute Gasteiger partial charge is 0.394 e. The van der Waals surface area contributed by atoms with Crippen LogP contribution in [0.15, 0.2) is 6.07 Å². The van der Waals surface area contributed by atoms with Crippen molar-refractivity contribution in [3.63, 3.8) is 0 Å². The number of aliphatic hydroxyl groups excluding tert-OH is 1. The molecule has 0 bridgehead atoms. The Kier molecular flexibility index (Phi) is 1.83. The quantitative estimate of drug-likeness (QED) is 0.774. The zero-order chi connectivity index (χ0) is 10.5. The van der Waals surface area contributed by atoms with Crippen LogP contribution in [-0.2, 0) is 12.0 Å². The molecule has 3 N–H and O–H groups in total. The topological polar surface area (TPSA) is 64.1 Å². The third-order valence-corrected chi connectivity index (χ3v) is 4.04. The van der Waals surface area contributed by atoms with E-state index in [0.29, 0.717) is 17.8 Å². The van der Waals surface area contributed by atoms with Gasteiger partial charge in [-0.05, 0) is 25.2 Å². The van der Waals surface area contributed by atoms with Crippen LogP contribution in [0, 0.1) is 5.92 Å². The summed E-state index contributed by atoms with van der Waals surface area (Å²) in [6.07, 6.45) is 5.25. The molecule has 0 aliphatic heterocycles. The predicted molar refractivity (Wildman–Crippen MR) is 57.4 cm³/mol. The summed E-state index contributed by atoms with van der Waals surface area (Å²) in [6, 6.07) is 2.00. The fourth-order valence-electron chi connectivity index (χ4n) is 3.12. The number of nitrogen functional groups attached to an aromatic ring is 1. The third kappa shape index (κ3) is 1.21. The van der Waals surface area contributed by atoms with E-state index in [1.54, 1.807) is 4.68 Å². The van der Waals surface area contributed by atoms with Crippen molar-refractivity contribution in [3.05, 3.63) is 11.8 Å². The summed E-state index contributed by atoms with van der Waals surface area (Å²) in [5.74, 6) is 1.54. The van der Waals surface area contributed by atoms with Crippen molar-refractivity contribution in [1.82, 2.24) is 9.78 Å². The van der Waals surface area contributed by atoms with Gasteiger partial charge in [0.15, 0.2) is 0 Å². The summed E-state index contributed by atoms with van der Waals surface area (Å²) in [5, 5.41) is 13.4. The molecular weight excluding hydrogens is 190 g/mol. The lowest BCUT2D eigenvalue weighted by molar-refractivity contribution is 0.270. The number of hydrogen-bond donors (Lipinski definition) is 2. The highest BCUT2D eigenvalue weighted by Gasteiger charge is 2.59. The molecular formula is C11H17N3O. The first-order chi connectivity index (χ1) is 7.26. The van der Waals surface area contributed by atoms with Gasteiger partial charge in [-0.1, -0.05) is 6.42 Å². The standard InChI is InChI=1S/C11H17N3O/c12-10-6-9(13-14(10)4-5-15)11-3-1-2-8(11)7-11/h6,8,15H,1-5,7,12H2/t8-,11-/m1/s1. The molecule has 2 saturated carbocycles. The number of aliphatic hydroxyl groups is 1. The van der Waals surface area contributed by atoms with E-state index in [9.17, 15) is 0 Å². The minimum Gasteiger partial charge on any atom is -0.394 e. The molecule has 2 aliphatic rings. The summed E-state index contributed by atoms with van der Waals surface area (Å²) >= 11 is 0. The second-order valence-corrected chi connectivity index (χ2v) is 4.85. The van der Waals surface area contributed by atoms with Crippen molar-refractivity contribution < 1.29 is 5.11 Å². The Bertz CT molecular complexity index is 387. The Morgan fingerprint density at radius 1 is 1.67 bits per heavy atom. The van der Waals surface area contributed by atoms with Crippen LogP contribution >= 0.6 is 0 Å². The summed E-state index contributed by atoms with van der Waals surface area (Å²) in [5.41, 5.74) is 7.39. The van der Waals surface area contributed by atoms with Gasteiger partial charge in [0.2, 0.25) is 0 Å². The van der Waals surface area contributed by atoms with Gasteiger partial charge in [-0.3, -0.25) is 0 Å². The van der Waals surface area contributed by atoms with Crippen LogP contribution in [0.2, 0.25) is 0 Å². The van der Waals surface area contributed by atoms with Gasteiger partial charge in [-0.25, -0.2) is 4.68 Å². The predicted octanol–water partition coefficient (Wildman–Crippen LogP) is 0.899. The smallest absolute Gasteiger partial charge is 0.122 e. The molecule has 15 heavy (non-hydrogen) atoms. The molecule has 4 nitrogen and oxygen atoms in total. The Morgan fingerprint density at radius 2 is 2.53 bits per heavy atom. The van der Waals surface area contributed by atoms with Crippen molar-refractivity contribution in [3.8, 4) is 0 Å². The maximum atomic E-state index is 8.88. The number of hydrogen-bond acceptors (Lipinski definition) is 3. The number of nitrogens with two attached hydrogens (primary N) is 1. The zero-order valence-electron chi connectivity index (χ0n) is 8.82. The maximum Gasteiger partial charge on any atom is 0.122 e. The van der Waals surface area contributed by atoms with Crippen molar-refractivity contribution in [1.29, 1.82) is 0 Å². The van der Waals surface area contributed by atoms with E-state index in [2.05, 4.69) is 5.10 Å². The van der Waals surface area contributed by atoms with Crippen molar-refractivity contribution in [2.45, 2.75) is 37.6 Å². The van der Waals surface area contributed by atoms with Crippen LogP contribution in [0.5, 0.6) is 0 Å². The van der Waals surface area contributed by atoms with Gasteiger partial charge < -0.3 is 10.8 Å². The first kappa shape index (κ1) is 9.21. The molecule has 2 atom stereocenters. The summed E-state index contributed by atoms with van der Waals surface area (Å²) in [4.78, 5) is 0. The molecule has 82 valence electrons. The lowest BCUT2D eigenvalue weighted by atomic mass is 10.00. The van der Waals surface area contributed by atoms with Crippen LogP contribution in [0.3, 0.4) is 0 Å². The zero-order valence-corrected chi connectivity index (χ0v) is 8.82. The molecule has 3 rings (SSSR count). The van der Waals surface area contributed by atoms with Crippen LogP contribution in [-0.4, -0.2) is 21.5 Å². The molecule has 2 aliphatic carbocycles. The number of aromatic nitrogens is 2. The normalized spacial score (nSPS) is 33.0. The molecule has 4 heteroatoms. The molecule has 1 aromatic rings.